The normalized spacial score (nSPS) is 11.8. The Balaban J connectivity index is 1.86. The second-order valence-corrected chi connectivity index (χ2v) is 4.05. The molecule has 8 nitrogen and oxygen atoms in total. The van der Waals surface area contributed by atoms with E-state index < -0.39 is 11.7 Å². The number of benzene rings is 1. The predicted octanol–water partition coefficient (Wildman–Crippen LogP) is 0.920. The van der Waals surface area contributed by atoms with Gasteiger partial charge in [-0.05, 0) is 17.3 Å². The standard InChI is InChI=1S/C10H7F3N8/c11-10(12,13)7-3-1-2-6(4-7)9-16-20-21(17-9)5-8-14-18-19-15-8/h1-4H,5H2,(H,14,15,18,19). The number of hydrogen-bond donors (Lipinski definition) is 1. The van der Waals surface area contributed by atoms with Crippen LogP contribution in [0.5, 0.6) is 0 Å². The molecule has 0 fully saturated rings. The van der Waals surface area contributed by atoms with Gasteiger partial charge in [-0.1, -0.05) is 17.3 Å². The minimum atomic E-state index is -4.42. The van der Waals surface area contributed by atoms with Crippen LogP contribution in [0.15, 0.2) is 24.3 Å². The van der Waals surface area contributed by atoms with Gasteiger partial charge in [-0.15, -0.1) is 20.4 Å². The van der Waals surface area contributed by atoms with Crippen LogP contribution in [0.3, 0.4) is 0 Å². The fourth-order valence-electron chi connectivity index (χ4n) is 1.64. The molecular weight excluding hydrogens is 289 g/mol. The van der Waals surface area contributed by atoms with Crippen LogP contribution in [0.2, 0.25) is 0 Å². The van der Waals surface area contributed by atoms with Crippen molar-refractivity contribution in [1.82, 2.24) is 40.8 Å². The molecule has 3 rings (SSSR count). The van der Waals surface area contributed by atoms with Crippen molar-refractivity contribution in [3.8, 4) is 11.4 Å². The highest BCUT2D eigenvalue weighted by atomic mass is 19.4. The summed E-state index contributed by atoms with van der Waals surface area (Å²) in [5.41, 5.74) is -0.543. The first-order valence-electron chi connectivity index (χ1n) is 5.70. The Hall–Kier alpha value is -2.85. The van der Waals surface area contributed by atoms with Crippen LogP contribution < -0.4 is 0 Å². The zero-order chi connectivity index (χ0) is 14.9. The smallest absolute Gasteiger partial charge is 0.177 e. The first kappa shape index (κ1) is 13.1. The number of aromatic amines is 1. The van der Waals surface area contributed by atoms with Gasteiger partial charge in [-0.25, -0.2) is 0 Å². The van der Waals surface area contributed by atoms with E-state index in [2.05, 4.69) is 36.0 Å². The molecule has 0 bridgehead atoms. The van der Waals surface area contributed by atoms with Gasteiger partial charge in [0.05, 0.1) is 5.56 Å². The third-order valence-corrected chi connectivity index (χ3v) is 2.57. The van der Waals surface area contributed by atoms with Crippen molar-refractivity contribution in [2.75, 3.05) is 0 Å². The Bertz CT molecular complexity index is 733. The van der Waals surface area contributed by atoms with Gasteiger partial charge in [0.1, 0.15) is 6.54 Å². The molecule has 0 unspecified atom stereocenters. The lowest BCUT2D eigenvalue weighted by molar-refractivity contribution is -0.137. The Morgan fingerprint density at radius 3 is 2.76 bits per heavy atom. The van der Waals surface area contributed by atoms with E-state index in [0.29, 0.717) is 5.82 Å². The molecule has 0 atom stereocenters. The van der Waals surface area contributed by atoms with E-state index in [1.165, 1.54) is 16.9 Å². The molecule has 1 aromatic carbocycles. The van der Waals surface area contributed by atoms with E-state index in [4.69, 9.17) is 0 Å². The Labute approximate surface area is 115 Å². The Morgan fingerprint density at radius 2 is 2.05 bits per heavy atom. The van der Waals surface area contributed by atoms with E-state index in [9.17, 15) is 13.2 Å². The molecule has 0 saturated heterocycles. The largest absolute Gasteiger partial charge is 0.416 e. The monoisotopic (exact) mass is 296 g/mol. The summed E-state index contributed by atoms with van der Waals surface area (Å²) in [5, 5.41) is 24.5. The maximum Gasteiger partial charge on any atom is 0.416 e. The quantitative estimate of drug-likeness (QED) is 0.771. The van der Waals surface area contributed by atoms with Crippen molar-refractivity contribution in [3.63, 3.8) is 0 Å². The number of rotatable bonds is 3. The number of alkyl halides is 3. The minimum Gasteiger partial charge on any atom is -0.177 e. The Kier molecular flexibility index (Phi) is 3.08. The lowest BCUT2D eigenvalue weighted by Crippen LogP contribution is -2.06. The average Bonchev–Trinajstić information content (AvgIpc) is 3.10. The van der Waals surface area contributed by atoms with Crippen molar-refractivity contribution >= 4 is 0 Å². The van der Waals surface area contributed by atoms with E-state index in [1.807, 2.05) is 0 Å². The zero-order valence-electron chi connectivity index (χ0n) is 10.3. The molecule has 0 aliphatic carbocycles. The molecular formula is C10H7F3N8. The van der Waals surface area contributed by atoms with Crippen molar-refractivity contribution in [3.05, 3.63) is 35.7 Å². The fourth-order valence-corrected chi connectivity index (χ4v) is 1.64. The van der Waals surface area contributed by atoms with Crippen LogP contribution in [-0.4, -0.2) is 40.8 Å². The topological polar surface area (TPSA) is 98.1 Å². The molecule has 0 amide bonds. The first-order valence-corrected chi connectivity index (χ1v) is 5.70. The first-order chi connectivity index (χ1) is 10.0. The van der Waals surface area contributed by atoms with Gasteiger partial charge < -0.3 is 0 Å². The van der Waals surface area contributed by atoms with Crippen LogP contribution >= 0.6 is 0 Å². The summed E-state index contributed by atoms with van der Waals surface area (Å²) < 4.78 is 38.0. The summed E-state index contributed by atoms with van der Waals surface area (Å²) in [6, 6.07) is 4.71. The zero-order valence-corrected chi connectivity index (χ0v) is 10.3. The van der Waals surface area contributed by atoms with Crippen LogP contribution in [0.25, 0.3) is 11.4 Å². The number of tetrazole rings is 2. The van der Waals surface area contributed by atoms with E-state index >= 15 is 0 Å². The Morgan fingerprint density at radius 1 is 1.19 bits per heavy atom. The van der Waals surface area contributed by atoms with E-state index in [-0.39, 0.29) is 17.9 Å². The molecule has 108 valence electrons. The van der Waals surface area contributed by atoms with Crippen LogP contribution in [0.1, 0.15) is 11.4 Å². The summed E-state index contributed by atoms with van der Waals surface area (Å²) in [7, 11) is 0. The van der Waals surface area contributed by atoms with E-state index in [0.717, 1.165) is 12.1 Å². The molecule has 0 spiro atoms. The van der Waals surface area contributed by atoms with Crippen LogP contribution in [0, 0.1) is 0 Å². The highest BCUT2D eigenvalue weighted by Gasteiger charge is 2.30. The molecule has 21 heavy (non-hydrogen) atoms. The van der Waals surface area contributed by atoms with Gasteiger partial charge in [-0.2, -0.15) is 23.2 Å². The molecule has 2 heterocycles. The summed E-state index contributed by atoms with van der Waals surface area (Å²) in [5.74, 6) is 0.424. The molecule has 0 radical (unpaired) electrons. The number of H-pyrrole nitrogens is 1. The second kappa shape index (κ2) is 4.92. The average molecular weight is 296 g/mol. The summed E-state index contributed by atoms with van der Waals surface area (Å²) in [6.45, 7) is 0.114. The summed E-state index contributed by atoms with van der Waals surface area (Å²) in [4.78, 5) is 1.17. The summed E-state index contributed by atoms with van der Waals surface area (Å²) >= 11 is 0. The van der Waals surface area contributed by atoms with Crippen LogP contribution in [0.4, 0.5) is 13.2 Å². The maximum absolute atomic E-state index is 12.7. The van der Waals surface area contributed by atoms with Gasteiger partial charge >= 0.3 is 6.18 Å². The molecule has 11 heteroatoms. The second-order valence-electron chi connectivity index (χ2n) is 4.05. The van der Waals surface area contributed by atoms with Gasteiger partial charge in [0.25, 0.3) is 0 Å². The van der Waals surface area contributed by atoms with Crippen LogP contribution in [-0.2, 0) is 12.7 Å². The minimum absolute atomic E-state index is 0.0876. The molecule has 0 saturated carbocycles. The van der Waals surface area contributed by atoms with Gasteiger partial charge in [0.15, 0.2) is 5.82 Å². The highest BCUT2D eigenvalue weighted by Crippen LogP contribution is 2.31. The molecule has 2 aromatic heterocycles. The van der Waals surface area contributed by atoms with Gasteiger partial charge in [0, 0.05) is 5.56 Å². The molecule has 0 aliphatic rings. The molecule has 1 N–H and O–H groups in total. The number of aromatic nitrogens is 8. The van der Waals surface area contributed by atoms with E-state index in [1.54, 1.807) is 0 Å². The number of nitrogens with one attached hydrogen (secondary N) is 1. The van der Waals surface area contributed by atoms with Crippen molar-refractivity contribution in [1.29, 1.82) is 0 Å². The highest BCUT2D eigenvalue weighted by molar-refractivity contribution is 5.55. The van der Waals surface area contributed by atoms with Crippen molar-refractivity contribution in [2.45, 2.75) is 12.7 Å². The van der Waals surface area contributed by atoms with Crippen molar-refractivity contribution in [2.24, 2.45) is 0 Å². The number of hydrogen-bond acceptors (Lipinski definition) is 6. The molecule has 0 aliphatic heterocycles. The summed E-state index contributed by atoms with van der Waals surface area (Å²) in [6.07, 6.45) is -4.42. The third kappa shape index (κ3) is 2.85. The third-order valence-electron chi connectivity index (χ3n) is 2.57. The predicted molar refractivity (Wildman–Crippen MR) is 61.5 cm³/mol. The molecule has 3 aromatic rings. The van der Waals surface area contributed by atoms with Gasteiger partial charge in [0.2, 0.25) is 5.82 Å². The lowest BCUT2D eigenvalue weighted by atomic mass is 10.1. The number of halogens is 3. The van der Waals surface area contributed by atoms with Crippen molar-refractivity contribution < 1.29 is 13.2 Å². The maximum atomic E-state index is 12.7. The van der Waals surface area contributed by atoms with Gasteiger partial charge in [-0.3, -0.25) is 0 Å². The SMILES string of the molecule is FC(F)(F)c1cccc(-c2nnn(Cc3nn[nH]n3)n2)c1. The number of nitrogens with zero attached hydrogens (tertiary/aromatic N) is 7. The fraction of sp³-hybridized carbons (Fsp3) is 0.200. The lowest BCUT2D eigenvalue weighted by Gasteiger charge is -2.06.